The molecule has 7 heteroatoms. The van der Waals surface area contributed by atoms with Gasteiger partial charge in [-0.3, -0.25) is 14.5 Å². The first-order valence-corrected chi connectivity index (χ1v) is 9.54. The number of rotatable bonds is 5. The molecule has 1 aliphatic heterocycles. The Kier molecular flexibility index (Phi) is 5.27. The van der Waals surface area contributed by atoms with Crippen molar-refractivity contribution in [1.82, 2.24) is 10.3 Å². The number of nitrogens with one attached hydrogen (secondary N) is 1. The maximum atomic E-state index is 12.6. The molecule has 1 atom stereocenters. The molecule has 2 aromatic rings. The molecule has 0 fully saturated rings. The summed E-state index contributed by atoms with van der Waals surface area (Å²) in [6.07, 6.45) is -0.618. The number of ether oxygens (including phenoxy) is 1. The van der Waals surface area contributed by atoms with Crippen LogP contribution >= 0.6 is 11.3 Å². The molecule has 6 nitrogen and oxygen atoms in total. The number of benzene rings is 1. The van der Waals surface area contributed by atoms with E-state index in [-0.39, 0.29) is 18.4 Å². The SMILES string of the molecule is Cc1nc(-c2ccc3c(c2)N(CC(=O)NCC(C)C)C(=O)C(C)O3)cs1. The van der Waals surface area contributed by atoms with Gasteiger partial charge in [-0.15, -0.1) is 11.3 Å². The van der Waals surface area contributed by atoms with E-state index in [4.69, 9.17) is 4.74 Å². The van der Waals surface area contributed by atoms with Crippen LogP contribution in [0.3, 0.4) is 0 Å². The fourth-order valence-corrected chi connectivity index (χ4v) is 3.36. The molecule has 1 aliphatic rings. The lowest BCUT2D eigenvalue weighted by Gasteiger charge is -2.33. The summed E-state index contributed by atoms with van der Waals surface area (Å²) in [7, 11) is 0. The zero-order chi connectivity index (χ0) is 18.8. The van der Waals surface area contributed by atoms with Gasteiger partial charge in [0, 0.05) is 17.5 Å². The minimum Gasteiger partial charge on any atom is -0.479 e. The number of carbonyl (C=O) groups excluding carboxylic acids is 2. The molecule has 0 spiro atoms. The van der Waals surface area contributed by atoms with E-state index in [1.54, 1.807) is 18.3 Å². The van der Waals surface area contributed by atoms with Crippen LogP contribution in [0.25, 0.3) is 11.3 Å². The third-order valence-corrected chi connectivity index (χ3v) is 4.86. The number of fused-ring (bicyclic) bond motifs is 1. The molecule has 0 radical (unpaired) electrons. The van der Waals surface area contributed by atoms with Crippen molar-refractivity contribution < 1.29 is 14.3 Å². The summed E-state index contributed by atoms with van der Waals surface area (Å²) in [4.78, 5) is 30.9. The van der Waals surface area contributed by atoms with Crippen molar-refractivity contribution in [1.29, 1.82) is 0 Å². The van der Waals surface area contributed by atoms with Crippen LogP contribution in [-0.4, -0.2) is 36.0 Å². The summed E-state index contributed by atoms with van der Waals surface area (Å²) >= 11 is 1.57. The van der Waals surface area contributed by atoms with Gasteiger partial charge in [-0.1, -0.05) is 13.8 Å². The molecule has 1 aromatic heterocycles. The van der Waals surface area contributed by atoms with E-state index >= 15 is 0 Å². The summed E-state index contributed by atoms with van der Waals surface area (Å²) in [6.45, 7) is 8.26. The summed E-state index contributed by atoms with van der Waals surface area (Å²) in [5.74, 6) is 0.556. The fraction of sp³-hybridized carbons (Fsp3) is 0.421. The van der Waals surface area contributed by atoms with E-state index in [0.29, 0.717) is 23.9 Å². The predicted molar refractivity (Wildman–Crippen MR) is 103 cm³/mol. The Morgan fingerprint density at radius 2 is 2.19 bits per heavy atom. The van der Waals surface area contributed by atoms with Crippen molar-refractivity contribution in [2.75, 3.05) is 18.0 Å². The van der Waals surface area contributed by atoms with Crippen LogP contribution in [0.15, 0.2) is 23.6 Å². The fourth-order valence-electron chi connectivity index (χ4n) is 2.74. The van der Waals surface area contributed by atoms with Gasteiger partial charge in [0.15, 0.2) is 6.10 Å². The van der Waals surface area contributed by atoms with E-state index in [9.17, 15) is 9.59 Å². The molecule has 2 amide bonds. The second kappa shape index (κ2) is 7.45. The third-order valence-electron chi connectivity index (χ3n) is 4.09. The van der Waals surface area contributed by atoms with Crippen molar-refractivity contribution in [2.45, 2.75) is 33.8 Å². The standard InChI is InChI=1S/C19H23N3O3S/c1-11(2)8-20-18(23)9-22-16-7-14(15-10-26-13(4)21-15)5-6-17(16)25-12(3)19(22)24/h5-7,10-12H,8-9H2,1-4H3,(H,20,23). The average molecular weight is 373 g/mol. The molecule has 1 aromatic carbocycles. The van der Waals surface area contributed by atoms with Crippen LogP contribution in [0.2, 0.25) is 0 Å². The lowest BCUT2D eigenvalue weighted by Crippen LogP contribution is -2.49. The highest BCUT2D eigenvalue weighted by atomic mass is 32.1. The minimum absolute atomic E-state index is 0.0220. The van der Waals surface area contributed by atoms with Gasteiger partial charge < -0.3 is 10.1 Å². The number of aryl methyl sites for hydroxylation is 1. The summed E-state index contributed by atoms with van der Waals surface area (Å²) < 4.78 is 5.71. The Morgan fingerprint density at radius 3 is 2.85 bits per heavy atom. The Morgan fingerprint density at radius 1 is 1.42 bits per heavy atom. The van der Waals surface area contributed by atoms with Crippen molar-refractivity contribution in [3.63, 3.8) is 0 Å². The second-order valence-corrected chi connectivity index (χ2v) is 7.88. The zero-order valence-electron chi connectivity index (χ0n) is 15.4. The van der Waals surface area contributed by atoms with Crippen molar-refractivity contribution in [2.24, 2.45) is 5.92 Å². The van der Waals surface area contributed by atoms with E-state index < -0.39 is 6.10 Å². The van der Waals surface area contributed by atoms with Gasteiger partial charge in [0.05, 0.1) is 16.4 Å². The van der Waals surface area contributed by atoms with E-state index in [1.165, 1.54) is 4.90 Å². The van der Waals surface area contributed by atoms with E-state index in [2.05, 4.69) is 10.3 Å². The zero-order valence-corrected chi connectivity index (χ0v) is 16.2. The third kappa shape index (κ3) is 3.88. The molecule has 1 unspecified atom stereocenters. The second-order valence-electron chi connectivity index (χ2n) is 6.82. The molecular formula is C19H23N3O3S. The van der Waals surface area contributed by atoms with Gasteiger partial charge in [-0.25, -0.2) is 4.98 Å². The summed E-state index contributed by atoms with van der Waals surface area (Å²) in [6, 6.07) is 5.62. The number of amides is 2. The van der Waals surface area contributed by atoms with Crippen LogP contribution in [0.1, 0.15) is 25.8 Å². The molecule has 26 heavy (non-hydrogen) atoms. The number of hydrogen-bond acceptors (Lipinski definition) is 5. The Bertz CT molecular complexity index is 831. The molecule has 2 heterocycles. The maximum absolute atomic E-state index is 12.6. The summed E-state index contributed by atoms with van der Waals surface area (Å²) in [5.41, 5.74) is 2.35. The van der Waals surface area contributed by atoms with Gasteiger partial charge in [-0.2, -0.15) is 0 Å². The van der Waals surface area contributed by atoms with E-state index in [1.807, 2.05) is 44.4 Å². The van der Waals surface area contributed by atoms with Crippen molar-refractivity contribution >= 4 is 28.8 Å². The Balaban J connectivity index is 1.90. The van der Waals surface area contributed by atoms with Gasteiger partial charge in [-0.05, 0) is 38.0 Å². The molecule has 138 valence electrons. The highest BCUT2D eigenvalue weighted by molar-refractivity contribution is 7.09. The van der Waals surface area contributed by atoms with Crippen molar-refractivity contribution in [3.8, 4) is 17.0 Å². The minimum atomic E-state index is -0.618. The normalized spacial score (nSPS) is 16.4. The topological polar surface area (TPSA) is 71.5 Å². The number of thiazole rings is 1. The largest absolute Gasteiger partial charge is 0.479 e. The van der Waals surface area contributed by atoms with E-state index in [0.717, 1.165) is 16.3 Å². The van der Waals surface area contributed by atoms with Crippen LogP contribution in [-0.2, 0) is 9.59 Å². The van der Waals surface area contributed by atoms with Crippen LogP contribution in [0, 0.1) is 12.8 Å². The highest BCUT2D eigenvalue weighted by Gasteiger charge is 2.33. The van der Waals surface area contributed by atoms with Gasteiger partial charge >= 0.3 is 0 Å². The van der Waals surface area contributed by atoms with Crippen LogP contribution < -0.4 is 15.0 Å². The number of hydrogen-bond donors (Lipinski definition) is 1. The van der Waals surface area contributed by atoms with Crippen LogP contribution in [0.5, 0.6) is 5.75 Å². The average Bonchev–Trinajstić information content (AvgIpc) is 3.03. The first-order valence-electron chi connectivity index (χ1n) is 8.66. The molecule has 0 bridgehead atoms. The van der Waals surface area contributed by atoms with Crippen LogP contribution in [0.4, 0.5) is 5.69 Å². The maximum Gasteiger partial charge on any atom is 0.268 e. The number of carbonyl (C=O) groups is 2. The molecule has 0 aliphatic carbocycles. The van der Waals surface area contributed by atoms with Gasteiger partial charge in [0.25, 0.3) is 5.91 Å². The molecule has 3 rings (SSSR count). The highest BCUT2D eigenvalue weighted by Crippen LogP contribution is 2.37. The lowest BCUT2D eigenvalue weighted by atomic mass is 10.1. The number of aromatic nitrogens is 1. The molecule has 1 N–H and O–H groups in total. The monoisotopic (exact) mass is 373 g/mol. The Hall–Kier alpha value is -2.41. The van der Waals surface area contributed by atoms with Gasteiger partial charge in [0.2, 0.25) is 5.91 Å². The smallest absolute Gasteiger partial charge is 0.268 e. The first-order chi connectivity index (χ1) is 12.3. The lowest BCUT2D eigenvalue weighted by molar-refractivity contribution is -0.128. The predicted octanol–water partition coefficient (Wildman–Crippen LogP) is 3.00. The quantitative estimate of drug-likeness (QED) is 0.875. The molecular weight excluding hydrogens is 350 g/mol. The number of anilines is 1. The Labute approximate surface area is 157 Å². The summed E-state index contributed by atoms with van der Waals surface area (Å²) in [5, 5.41) is 5.81. The van der Waals surface area contributed by atoms with Gasteiger partial charge in [0.1, 0.15) is 12.3 Å². The van der Waals surface area contributed by atoms with Crippen molar-refractivity contribution in [3.05, 3.63) is 28.6 Å². The molecule has 0 saturated carbocycles. The molecule has 0 saturated heterocycles. The first kappa shape index (κ1) is 18.4. The number of nitrogens with zero attached hydrogens (tertiary/aromatic N) is 2.